The van der Waals surface area contributed by atoms with Gasteiger partial charge >= 0.3 is 0 Å². The van der Waals surface area contributed by atoms with Gasteiger partial charge < -0.3 is 5.32 Å². The van der Waals surface area contributed by atoms with Crippen LogP contribution in [-0.4, -0.2) is 32.9 Å². The summed E-state index contributed by atoms with van der Waals surface area (Å²) in [6.07, 6.45) is 1.53. The third kappa shape index (κ3) is 3.45. The molecule has 6 heteroatoms. The molecule has 0 amide bonds. The Morgan fingerprint density at radius 1 is 1.45 bits per heavy atom. The zero-order valence-corrected chi connectivity index (χ0v) is 12.9. The number of hydrogen-bond acceptors (Lipinski definition) is 3. The fraction of sp³-hybridized carbons (Fsp3) is 0.429. The summed E-state index contributed by atoms with van der Waals surface area (Å²) in [5.41, 5.74) is 0.673. The van der Waals surface area contributed by atoms with Crippen molar-refractivity contribution in [3.8, 4) is 0 Å². The van der Waals surface area contributed by atoms with Crippen LogP contribution < -0.4 is 5.32 Å². The summed E-state index contributed by atoms with van der Waals surface area (Å²) < 4.78 is 40.2. The van der Waals surface area contributed by atoms with Crippen LogP contribution in [0.1, 0.15) is 18.1 Å². The van der Waals surface area contributed by atoms with E-state index < -0.39 is 10.0 Å². The topological polar surface area (TPSA) is 49.4 Å². The van der Waals surface area contributed by atoms with Gasteiger partial charge in [-0.2, -0.15) is 4.31 Å². The third-order valence-electron chi connectivity index (χ3n) is 2.99. The number of sulfonamides is 1. The van der Waals surface area contributed by atoms with Gasteiger partial charge in [-0.3, -0.25) is 0 Å². The maximum atomic E-state index is 13.9. The SMILES string of the molecule is C=CCN(CC)S(=O)(=O)c1cc(C)c(F)c(CNC)c1. The lowest BCUT2D eigenvalue weighted by Gasteiger charge is -2.20. The Morgan fingerprint density at radius 2 is 2.10 bits per heavy atom. The first kappa shape index (κ1) is 16.8. The van der Waals surface area contributed by atoms with Gasteiger partial charge in [0, 0.05) is 25.2 Å². The molecule has 20 heavy (non-hydrogen) atoms. The van der Waals surface area contributed by atoms with Crippen LogP contribution in [-0.2, 0) is 16.6 Å². The van der Waals surface area contributed by atoms with Crippen molar-refractivity contribution in [2.75, 3.05) is 20.1 Å². The van der Waals surface area contributed by atoms with Crippen molar-refractivity contribution in [2.45, 2.75) is 25.3 Å². The highest BCUT2D eigenvalue weighted by atomic mass is 32.2. The first-order valence-electron chi connectivity index (χ1n) is 6.43. The summed E-state index contributed by atoms with van der Waals surface area (Å²) in [6, 6.07) is 2.76. The Bertz CT molecular complexity index is 585. The summed E-state index contributed by atoms with van der Waals surface area (Å²) in [4.78, 5) is 0.116. The zero-order valence-electron chi connectivity index (χ0n) is 12.1. The molecule has 112 valence electrons. The van der Waals surface area contributed by atoms with E-state index in [-0.39, 0.29) is 23.8 Å². The van der Waals surface area contributed by atoms with Crippen molar-refractivity contribution in [1.82, 2.24) is 9.62 Å². The summed E-state index contributed by atoms with van der Waals surface area (Å²) in [5.74, 6) is -0.370. The molecule has 0 aliphatic rings. The molecule has 0 fully saturated rings. The average Bonchev–Trinajstić information content (AvgIpc) is 2.40. The van der Waals surface area contributed by atoms with E-state index in [2.05, 4.69) is 11.9 Å². The van der Waals surface area contributed by atoms with E-state index in [1.54, 1.807) is 20.9 Å². The molecule has 0 saturated heterocycles. The lowest BCUT2D eigenvalue weighted by Crippen LogP contribution is -2.31. The molecule has 0 unspecified atom stereocenters. The number of nitrogens with zero attached hydrogens (tertiary/aromatic N) is 1. The van der Waals surface area contributed by atoms with E-state index in [1.165, 1.54) is 22.5 Å². The second kappa shape index (κ2) is 6.97. The minimum Gasteiger partial charge on any atom is -0.316 e. The molecule has 0 radical (unpaired) electrons. The summed E-state index contributed by atoms with van der Waals surface area (Å²) in [7, 11) is -1.94. The molecule has 1 aromatic rings. The Labute approximate surface area is 120 Å². The molecule has 0 aromatic heterocycles. The predicted molar refractivity (Wildman–Crippen MR) is 78.5 cm³/mol. The first-order chi connectivity index (χ1) is 9.38. The summed E-state index contributed by atoms with van der Waals surface area (Å²) >= 11 is 0. The first-order valence-corrected chi connectivity index (χ1v) is 7.87. The number of rotatable bonds is 7. The second-order valence-electron chi connectivity index (χ2n) is 4.49. The van der Waals surface area contributed by atoms with Crippen molar-refractivity contribution in [2.24, 2.45) is 0 Å². The lowest BCUT2D eigenvalue weighted by atomic mass is 10.1. The van der Waals surface area contributed by atoms with E-state index in [1.807, 2.05) is 0 Å². The van der Waals surface area contributed by atoms with E-state index in [0.29, 0.717) is 17.7 Å². The van der Waals surface area contributed by atoms with Crippen molar-refractivity contribution in [3.05, 3.63) is 41.7 Å². The van der Waals surface area contributed by atoms with Crippen LogP contribution in [0, 0.1) is 12.7 Å². The van der Waals surface area contributed by atoms with Crippen molar-refractivity contribution in [1.29, 1.82) is 0 Å². The van der Waals surface area contributed by atoms with Gasteiger partial charge in [-0.05, 0) is 31.7 Å². The number of aryl methyl sites for hydroxylation is 1. The van der Waals surface area contributed by atoms with Crippen LogP contribution in [0.3, 0.4) is 0 Å². The summed E-state index contributed by atoms with van der Waals surface area (Å²) in [5, 5.41) is 2.83. The monoisotopic (exact) mass is 300 g/mol. The molecule has 1 rings (SSSR count). The number of likely N-dealkylation sites (N-methyl/N-ethyl adjacent to an activating group) is 1. The Kier molecular flexibility index (Phi) is 5.86. The number of hydrogen-bond donors (Lipinski definition) is 1. The summed E-state index contributed by atoms with van der Waals surface area (Å²) in [6.45, 7) is 7.73. The standard InChI is InChI=1S/C14H21FN2O2S/c1-5-7-17(6-2)20(18,19)13-8-11(3)14(15)12(9-13)10-16-4/h5,8-9,16H,1,6-7,10H2,2-4H3. The molecule has 1 N–H and O–H groups in total. The Morgan fingerprint density at radius 3 is 2.60 bits per heavy atom. The predicted octanol–water partition coefficient (Wildman–Crippen LogP) is 2.05. The van der Waals surface area contributed by atoms with Gasteiger partial charge in [0.05, 0.1) is 4.90 Å². The van der Waals surface area contributed by atoms with Crippen LogP contribution in [0.4, 0.5) is 4.39 Å². The molecule has 0 aliphatic heterocycles. The Hall–Kier alpha value is -1.24. The van der Waals surface area contributed by atoms with Crippen LogP contribution in [0.25, 0.3) is 0 Å². The van der Waals surface area contributed by atoms with Gasteiger partial charge in [-0.25, -0.2) is 12.8 Å². The maximum absolute atomic E-state index is 13.9. The van der Waals surface area contributed by atoms with Crippen molar-refractivity contribution < 1.29 is 12.8 Å². The van der Waals surface area contributed by atoms with Gasteiger partial charge in [0.1, 0.15) is 5.82 Å². The minimum absolute atomic E-state index is 0.116. The molecule has 0 spiro atoms. The molecule has 0 heterocycles. The normalized spacial score (nSPS) is 11.8. The van der Waals surface area contributed by atoms with E-state index >= 15 is 0 Å². The van der Waals surface area contributed by atoms with Gasteiger partial charge in [0.2, 0.25) is 10.0 Å². The number of halogens is 1. The van der Waals surface area contributed by atoms with Gasteiger partial charge in [-0.15, -0.1) is 6.58 Å². The van der Waals surface area contributed by atoms with Gasteiger partial charge in [0.15, 0.2) is 0 Å². The van der Waals surface area contributed by atoms with Crippen molar-refractivity contribution in [3.63, 3.8) is 0 Å². The maximum Gasteiger partial charge on any atom is 0.243 e. The lowest BCUT2D eigenvalue weighted by molar-refractivity contribution is 0.459. The van der Waals surface area contributed by atoms with Gasteiger partial charge in [-0.1, -0.05) is 13.0 Å². The van der Waals surface area contributed by atoms with Gasteiger partial charge in [0.25, 0.3) is 0 Å². The van der Waals surface area contributed by atoms with E-state index in [4.69, 9.17) is 0 Å². The highest BCUT2D eigenvalue weighted by Crippen LogP contribution is 2.22. The number of nitrogens with one attached hydrogen (secondary N) is 1. The largest absolute Gasteiger partial charge is 0.316 e. The van der Waals surface area contributed by atoms with E-state index in [9.17, 15) is 12.8 Å². The molecular formula is C14H21FN2O2S. The molecule has 4 nitrogen and oxygen atoms in total. The molecule has 1 aromatic carbocycles. The van der Waals surface area contributed by atoms with Crippen LogP contribution >= 0.6 is 0 Å². The van der Waals surface area contributed by atoms with E-state index in [0.717, 1.165) is 0 Å². The molecule has 0 aliphatic carbocycles. The average molecular weight is 300 g/mol. The highest BCUT2D eigenvalue weighted by molar-refractivity contribution is 7.89. The fourth-order valence-corrected chi connectivity index (χ4v) is 3.52. The highest BCUT2D eigenvalue weighted by Gasteiger charge is 2.24. The number of benzene rings is 1. The van der Waals surface area contributed by atoms with Crippen LogP contribution in [0.2, 0.25) is 0 Å². The van der Waals surface area contributed by atoms with Crippen molar-refractivity contribution >= 4 is 10.0 Å². The van der Waals surface area contributed by atoms with Crippen LogP contribution in [0.5, 0.6) is 0 Å². The Balaban J connectivity index is 3.34. The quantitative estimate of drug-likeness (QED) is 0.784. The minimum atomic E-state index is -3.63. The molecular weight excluding hydrogens is 279 g/mol. The fourth-order valence-electron chi connectivity index (χ4n) is 1.97. The zero-order chi connectivity index (χ0) is 15.3. The molecule has 0 saturated carbocycles. The van der Waals surface area contributed by atoms with Crippen LogP contribution in [0.15, 0.2) is 29.7 Å². The third-order valence-corrected chi connectivity index (χ3v) is 4.91. The second-order valence-corrected chi connectivity index (χ2v) is 6.43. The molecule has 0 atom stereocenters. The smallest absolute Gasteiger partial charge is 0.243 e. The molecule has 0 bridgehead atoms.